The van der Waals surface area contributed by atoms with Gasteiger partial charge in [-0.1, -0.05) is 30.3 Å². The van der Waals surface area contributed by atoms with Gasteiger partial charge in [0.25, 0.3) is 0 Å². The molecule has 0 unspecified atom stereocenters. The van der Waals surface area contributed by atoms with Crippen LogP contribution < -0.4 is 5.32 Å². The van der Waals surface area contributed by atoms with Crippen LogP contribution in [0.5, 0.6) is 0 Å². The van der Waals surface area contributed by atoms with Gasteiger partial charge in [-0.3, -0.25) is 0 Å². The molecule has 0 aliphatic carbocycles. The summed E-state index contributed by atoms with van der Waals surface area (Å²) in [6.07, 6.45) is 1.15. The van der Waals surface area contributed by atoms with Crippen molar-refractivity contribution in [1.29, 1.82) is 5.26 Å². The number of nitrogens with zero attached hydrogens (tertiary/aromatic N) is 1. The molecule has 21 heavy (non-hydrogen) atoms. The van der Waals surface area contributed by atoms with E-state index in [1.165, 1.54) is 5.56 Å². The third-order valence-electron chi connectivity index (χ3n) is 4.52. The van der Waals surface area contributed by atoms with Gasteiger partial charge in [-0.15, -0.1) is 0 Å². The molecule has 0 saturated carbocycles. The summed E-state index contributed by atoms with van der Waals surface area (Å²) >= 11 is 0. The number of anilines is 1. The predicted octanol–water partition coefficient (Wildman–Crippen LogP) is 3.80. The summed E-state index contributed by atoms with van der Waals surface area (Å²) in [5.41, 5.74) is 4.21. The monoisotopic (exact) mass is 276 g/mol. The minimum absolute atomic E-state index is 0.0970. The molecule has 3 atom stereocenters. The Morgan fingerprint density at radius 3 is 2.81 bits per heavy atom. The number of benzene rings is 2. The van der Waals surface area contributed by atoms with Crippen molar-refractivity contribution in [2.75, 3.05) is 11.9 Å². The van der Waals surface area contributed by atoms with Gasteiger partial charge in [0.1, 0.15) is 0 Å². The van der Waals surface area contributed by atoms with Crippen molar-refractivity contribution in [3.8, 4) is 6.07 Å². The molecule has 1 N–H and O–H groups in total. The molecule has 3 heteroatoms. The van der Waals surface area contributed by atoms with E-state index in [4.69, 9.17) is 10.00 Å². The van der Waals surface area contributed by atoms with E-state index < -0.39 is 0 Å². The average Bonchev–Trinajstić information content (AvgIpc) is 3.04. The number of nitriles is 1. The van der Waals surface area contributed by atoms with Gasteiger partial charge >= 0.3 is 0 Å². The number of hydrogen-bond acceptors (Lipinski definition) is 3. The third-order valence-corrected chi connectivity index (χ3v) is 4.52. The number of rotatable bonds is 1. The van der Waals surface area contributed by atoms with E-state index in [0.29, 0.717) is 11.5 Å². The minimum atomic E-state index is 0.0970. The highest BCUT2D eigenvalue weighted by Crippen LogP contribution is 2.49. The van der Waals surface area contributed by atoms with Gasteiger partial charge in [-0.2, -0.15) is 5.26 Å². The largest absolute Gasteiger partial charge is 0.378 e. The molecule has 3 nitrogen and oxygen atoms in total. The Morgan fingerprint density at radius 2 is 2.00 bits per heavy atom. The Bertz CT molecular complexity index is 705. The first kappa shape index (κ1) is 12.4. The Balaban J connectivity index is 1.79. The molecular weight excluding hydrogens is 260 g/mol. The van der Waals surface area contributed by atoms with Gasteiger partial charge in [-0.25, -0.2) is 0 Å². The normalized spacial score (nSPS) is 26.3. The van der Waals surface area contributed by atoms with Crippen LogP contribution in [-0.4, -0.2) is 6.61 Å². The maximum atomic E-state index is 9.10. The Hall–Kier alpha value is -2.31. The first-order chi connectivity index (χ1) is 10.4. The van der Waals surface area contributed by atoms with Crippen molar-refractivity contribution in [2.24, 2.45) is 5.92 Å². The number of nitrogens with one attached hydrogen (secondary N) is 1. The molecule has 2 aromatic carbocycles. The van der Waals surface area contributed by atoms with Crippen LogP contribution in [0, 0.1) is 17.2 Å². The number of ether oxygens (including phenoxy) is 1. The maximum Gasteiger partial charge on any atom is 0.0991 e. The summed E-state index contributed by atoms with van der Waals surface area (Å²) < 4.78 is 5.99. The van der Waals surface area contributed by atoms with Crippen LogP contribution in [0.25, 0.3) is 0 Å². The Labute approximate surface area is 124 Å². The molecule has 104 valence electrons. The van der Waals surface area contributed by atoms with E-state index in [1.807, 2.05) is 24.3 Å². The second kappa shape index (κ2) is 4.91. The van der Waals surface area contributed by atoms with Crippen molar-refractivity contribution < 1.29 is 4.74 Å². The van der Waals surface area contributed by atoms with Gasteiger partial charge in [0.05, 0.1) is 23.8 Å². The summed E-state index contributed by atoms with van der Waals surface area (Å²) in [7, 11) is 0. The van der Waals surface area contributed by atoms with Crippen LogP contribution >= 0.6 is 0 Å². The zero-order valence-corrected chi connectivity index (χ0v) is 11.6. The van der Waals surface area contributed by atoms with Crippen LogP contribution in [0.15, 0.2) is 48.5 Å². The second-order valence-electron chi connectivity index (χ2n) is 5.69. The molecule has 4 rings (SSSR count). The van der Waals surface area contributed by atoms with E-state index in [9.17, 15) is 0 Å². The Kier molecular flexibility index (Phi) is 2.90. The van der Waals surface area contributed by atoms with Gasteiger partial charge in [0.15, 0.2) is 0 Å². The number of fused-ring (bicyclic) bond motifs is 3. The third kappa shape index (κ3) is 2.00. The molecule has 0 amide bonds. The zero-order chi connectivity index (χ0) is 14.2. The van der Waals surface area contributed by atoms with Crippen molar-refractivity contribution in [3.63, 3.8) is 0 Å². The molecule has 0 aromatic heterocycles. The maximum absolute atomic E-state index is 9.10. The SMILES string of the molecule is N#Cc1ccc2c(c1)[C@@H]1OCC[C@H]1[C@H](c1ccccc1)N2. The molecule has 2 heterocycles. The first-order valence-electron chi connectivity index (χ1n) is 7.34. The molecule has 2 aliphatic rings. The molecular formula is C18H16N2O. The fourth-order valence-corrected chi connectivity index (χ4v) is 3.53. The average molecular weight is 276 g/mol. The van der Waals surface area contributed by atoms with E-state index in [0.717, 1.165) is 24.3 Å². The minimum Gasteiger partial charge on any atom is -0.378 e. The fraction of sp³-hybridized carbons (Fsp3) is 0.278. The standard InChI is InChI=1S/C18H16N2O/c19-11-12-6-7-16-15(10-12)18-14(8-9-21-18)17(20-16)13-4-2-1-3-5-13/h1-7,10,14,17-18,20H,8-9H2/t14-,17-,18+/m0/s1. The van der Waals surface area contributed by atoms with Crippen molar-refractivity contribution in [1.82, 2.24) is 0 Å². The van der Waals surface area contributed by atoms with E-state index in [2.05, 4.69) is 35.7 Å². The molecule has 0 radical (unpaired) electrons. The first-order valence-corrected chi connectivity index (χ1v) is 7.34. The topological polar surface area (TPSA) is 45.0 Å². The lowest BCUT2D eigenvalue weighted by Gasteiger charge is -2.36. The lowest BCUT2D eigenvalue weighted by Crippen LogP contribution is -2.29. The van der Waals surface area contributed by atoms with Crippen molar-refractivity contribution in [3.05, 3.63) is 65.2 Å². The molecule has 1 fully saturated rings. The van der Waals surface area contributed by atoms with Crippen LogP contribution in [0.1, 0.15) is 35.3 Å². The summed E-state index contributed by atoms with van der Waals surface area (Å²) in [5.74, 6) is 0.425. The van der Waals surface area contributed by atoms with Crippen molar-refractivity contribution >= 4 is 5.69 Å². The van der Waals surface area contributed by atoms with E-state index in [-0.39, 0.29) is 12.1 Å². The summed E-state index contributed by atoms with van der Waals surface area (Å²) in [4.78, 5) is 0. The molecule has 0 spiro atoms. The number of hydrogen-bond donors (Lipinski definition) is 1. The van der Waals surface area contributed by atoms with Gasteiger partial charge in [0, 0.05) is 23.8 Å². The van der Waals surface area contributed by atoms with Gasteiger partial charge in [-0.05, 0) is 30.2 Å². The molecule has 2 aromatic rings. The predicted molar refractivity (Wildman–Crippen MR) is 80.8 cm³/mol. The van der Waals surface area contributed by atoms with Gasteiger partial charge < -0.3 is 10.1 Å². The molecule has 0 bridgehead atoms. The quantitative estimate of drug-likeness (QED) is 0.861. The van der Waals surface area contributed by atoms with Crippen LogP contribution in [0.2, 0.25) is 0 Å². The summed E-state index contributed by atoms with van der Waals surface area (Å²) in [6, 6.07) is 18.9. The lowest BCUT2D eigenvalue weighted by molar-refractivity contribution is 0.0829. The smallest absolute Gasteiger partial charge is 0.0991 e. The highest BCUT2D eigenvalue weighted by Gasteiger charge is 2.41. The van der Waals surface area contributed by atoms with E-state index in [1.54, 1.807) is 0 Å². The van der Waals surface area contributed by atoms with E-state index >= 15 is 0 Å². The van der Waals surface area contributed by atoms with Crippen LogP contribution in [0.4, 0.5) is 5.69 Å². The van der Waals surface area contributed by atoms with Crippen LogP contribution in [0.3, 0.4) is 0 Å². The lowest BCUT2D eigenvalue weighted by atomic mass is 9.80. The van der Waals surface area contributed by atoms with Crippen LogP contribution in [-0.2, 0) is 4.74 Å². The molecule has 2 aliphatic heterocycles. The highest BCUT2D eigenvalue weighted by atomic mass is 16.5. The Morgan fingerprint density at radius 1 is 1.14 bits per heavy atom. The highest BCUT2D eigenvalue weighted by molar-refractivity contribution is 5.59. The fourth-order valence-electron chi connectivity index (χ4n) is 3.53. The van der Waals surface area contributed by atoms with Gasteiger partial charge in [0.2, 0.25) is 0 Å². The second-order valence-corrected chi connectivity index (χ2v) is 5.69. The van der Waals surface area contributed by atoms with Crippen molar-refractivity contribution in [2.45, 2.75) is 18.6 Å². The summed E-state index contributed by atoms with van der Waals surface area (Å²) in [5, 5.41) is 12.7. The zero-order valence-electron chi connectivity index (χ0n) is 11.6. The summed E-state index contributed by atoms with van der Waals surface area (Å²) in [6.45, 7) is 0.788. The molecule has 1 saturated heterocycles.